The number of primary amides is 1. The lowest BCUT2D eigenvalue weighted by molar-refractivity contribution is -0.142. The first-order valence-corrected chi connectivity index (χ1v) is 3.48. The van der Waals surface area contributed by atoms with E-state index < -0.39 is 30.0 Å². The predicted molar refractivity (Wildman–Crippen MR) is 37.0 cm³/mol. The molecule has 15 heavy (non-hydrogen) atoms. The number of carbonyl (C=O) groups is 1. The van der Waals surface area contributed by atoms with Crippen LogP contribution in [0.4, 0.5) is 22.0 Å². The van der Waals surface area contributed by atoms with Gasteiger partial charge in [0.25, 0.3) is 5.91 Å². The molecule has 0 aromatic carbocycles. The highest BCUT2D eigenvalue weighted by Crippen LogP contribution is 2.29. The van der Waals surface area contributed by atoms with Gasteiger partial charge < -0.3 is 5.73 Å². The Bertz CT molecular complexity index is 383. The van der Waals surface area contributed by atoms with Gasteiger partial charge in [-0.25, -0.2) is 0 Å². The van der Waals surface area contributed by atoms with Crippen LogP contribution in [0.25, 0.3) is 0 Å². The van der Waals surface area contributed by atoms with E-state index in [1.54, 1.807) is 0 Å². The van der Waals surface area contributed by atoms with Gasteiger partial charge in [-0.3, -0.25) is 4.79 Å². The zero-order chi connectivity index (χ0) is 11.8. The summed E-state index contributed by atoms with van der Waals surface area (Å²) in [4.78, 5) is 10.5. The van der Waals surface area contributed by atoms with Gasteiger partial charge in [-0.05, 0) is 0 Å². The van der Waals surface area contributed by atoms with Gasteiger partial charge in [-0.2, -0.15) is 31.7 Å². The van der Waals surface area contributed by atoms with Gasteiger partial charge in [0.1, 0.15) is 5.69 Å². The lowest BCUT2D eigenvalue weighted by Crippen LogP contribution is -2.18. The average molecular weight is 229 g/mol. The number of halogens is 5. The zero-order valence-electron chi connectivity index (χ0n) is 6.92. The maximum absolute atomic E-state index is 12.1. The van der Waals surface area contributed by atoms with Crippen molar-refractivity contribution in [1.82, 2.24) is 9.78 Å². The summed E-state index contributed by atoms with van der Waals surface area (Å²) in [6.45, 7) is -3.36. The second kappa shape index (κ2) is 3.48. The summed E-state index contributed by atoms with van der Waals surface area (Å²) in [6, 6.07) is 0.175. The van der Waals surface area contributed by atoms with Crippen molar-refractivity contribution in [3.05, 3.63) is 17.5 Å². The molecule has 0 aliphatic heterocycles. The van der Waals surface area contributed by atoms with E-state index in [9.17, 15) is 26.7 Å². The minimum Gasteiger partial charge on any atom is -0.364 e. The normalized spacial score (nSPS) is 12.1. The Morgan fingerprint density at radius 1 is 1.47 bits per heavy atom. The Hall–Kier alpha value is -1.67. The van der Waals surface area contributed by atoms with E-state index in [4.69, 9.17) is 0 Å². The molecule has 0 unspecified atom stereocenters. The van der Waals surface area contributed by atoms with Crippen LogP contribution in [-0.2, 0) is 6.18 Å². The molecule has 0 fully saturated rings. The first kappa shape index (κ1) is 11.4. The summed E-state index contributed by atoms with van der Waals surface area (Å²) < 4.78 is 60.0. The second-order valence-corrected chi connectivity index (χ2v) is 2.50. The van der Waals surface area contributed by atoms with E-state index in [1.807, 2.05) is 0 Å². The molecule has 0 saturated carbocycles. The molecule has 1 rings (SSSR count). The van der Waals surface area contributed by atoms with Crippen LogP contribution < -0.4 is 5.73 Å². The van der Waals surface area contributed by atoms with Crippen molar-refractivity contribution in [3.63, 3.8) is 0 Å². The molecule has 0 bridgehead atoms. The van der Waals surface area contributed by atoms with E-state index in [1.165, 1.54) is 0 Å². The maximum atomic E-state index is 12.1. The molecule has 0 aliphatic carbocycles. The monoisotopic (exact) mass is 229 g/mol. The van der Waals surface area contributed by atoms with Crippen molar-refractivity contribution in [2.45, 2.75) is 12.7 Å². The van der Waals surface area contributed by atoms with E-state index in [-0.39, 0.29) is 10.7 Å². The fourth-order valence-corrected chi connectivity index (χ4v) is 0.866. The highest BCUT2D eigenvalue weighted by Gasteiger charge is 2.36. The molecule has 0 aliphatic rings. The van der Waals surface area contributed by atoms with Crippen LogP contribution in [0.5, 0.6) is 0 Å². The number of carbonyl (C=O) groups excluding carboxylic acids is 1. The highest BCUT2D eigenvalue weighted by atomic mass is 19.4. The lowest BCUT2D eigenvalue weighted by atomic mass is 10.3. The van der Waals surface area contributed by atoms with Crippen LogP contribution in [0.3, 0.4) is 0 Å². The molecule has 84 valence electrons. The fraction of sp³-hybridized carbons (Fsp3) is 0.333. The van der Waals surface area contributed by atoms with Crippen LogP contribution in [0.2, 0.25) is 0 Å². The summed E-state index contributed by atoms with van der Waals surface area (Å²) in [5.41, 5.74) is 2.03. The van der Waals surface area contributed by atoms with E-state index >= 15 is 0 Å². The van der Waals surface area contributed by atoms with Crippen LogP contribution in [0.1, 0.15) is 22.7 Å². The van der Waals surface area contributed by atoms with Crippen molar-refractivity contribution in [2.24, 2.45) is 5.73 Å². The van der Waals surface area contributed by atoms with Crippen molar-refractivity contribution < 1.29 is 26.7 Å². The lowest BCUT2D eigenvalue weighted by Gasteiger charge is -2.02. The summed E-state index contributed by atoms with van der Waals surface area (Å²) >= 11 is 0. The quantitative estimate of drug-likeness (QED) is 0.779. The maximum Gasteiger partial charge on any atom is 0.435 e. The van der Waals surface area contributed by atoms with E-state index in [0.29, 0.717) is 0 Å². The molecular weight excluding hydrogens is 225 g/mol. The number of amides is 1. The van der Waals surface area contributed by atoms with Crippen LogP contribution in [-0.4, -0.2) is 15.7 Å². The van der Waals surface area contributed by atoms with Gasteiger partial charge in [-0.1, -0.05) is 0 Å². The molecule has 1 aromatic heterocycles. The van der Waals surface area contributed by atoms with Crippen molar-refractivity contribution in [1.29, 1.82) is 0 Å². The van der Waals surface area contributed by atoms with Crippen LogP contribution in [0.15, 0.2) is 6.07 Å². The average Bonchev–Trinajstić information content (AvgIpc) is 2.45. The first-order valence-electron chi connectivity index (χ1n) is 3.48. The summed E-state index contributed by atoms with van der Waals surface area (Å²) in [6.07, 6.45) is -4.90. The number of nitrogens with two attached hydrogens (primary N) is 1. The Morgan fingerprint density at radius 3 is 2.27 bits per heavy atom. The highest BCUT2D eigenvalue weighted by molar-refractivity contribution is 5.91. The Labute approximate surface area is 79.5 Å². The number of nitrogens with zero attached hydrogens (tertiary/aromatic N) is 2. The third-order valence-corrected chi connectivity index (χ3v) is 1.46. The van der Waals surface area contributed by atoms with E-state index in [2.05, 4.69) is 10.8 Å². The number of hydrogen-bond donors (Lipinski definition) is 1. The van der Waals surface area contributed by atoms with Gasteiger partial charge in [0.05, 0.1) is 0 Å². The second-order valence-electron chi connectivity index (χ2n) is 2.50. The molecule has 1 heterocycles. The third-order valence-electron chi connectivity index (χ3n) is 1.46. The minimum absolute atomic E-state index is 0.175. The standard InChI is InChI=1S/C6H4F5N3O/c7-5(8)14-2(4(12)15)1-3(13-14)6(9,10)11/h1,5H,(H2,12,15). The molecule has 0 spiro atoms. The van der Waals surface area contributed by atoms with Crippen molar-refractivity contribution in [2.75, 3.05) is 0 Å². The Morgan fingerprint density at radius 2 is 2.00 bits per heavy atom. The summed E-state index contributed by atoms with van der Waals surface area (Å²) in [5.74, 6) is -1.40. The minimum atomic E-state index is -4.90. The smallest absolute Gasteiger partial charge is 0.364 e. The van der Waals surface area contributed by atoms with Gasteiger partial charge in [0.2, 0.25) is 0 Å². The fourth-order valence-electron chi connectivity index (χ4n) is 0.866. The molecule has 0 radical (unpaired) electrons. The first-order chi connectivity index (χ1) is 6.73. The Kier molecular flexibility index (Phi) is 2.65. The molecule has 9 heteroatoms. The Balaban J connectivity index is 3.28. The topological polar surface area (TPSA) is 60.9 Å². The van der Waals surface area contributed by atoms with Crippen LogP contribution >= 0.6 is 0 Å². The zero-order valence-corrected chi connectivity index (χ0v) is 6.92. The van der Waals surface area contributed by atoms with Gasteiger partial charge in [0.15, 0.2) is 5.69 Å². The number of aromatic nitrogens is 2. The summed E-state index contributed by atoms with van der Waals surface area (Å²) in [7, 11) is 0. The van der Waals surface area contributed by atoms with E-state index in [0.717, 1.165) is 0 Å². The molecule has 1 aromatic rings. The van der Waals surface area contributed by atoms with Gasteiger partial charge >= 0.3 is 12.7 Å². The molecule has 0 atom stereocenters. The van der Waals surface area contributed by atoms with Gasteiger partial charge in [-0.15, -0.1) is 0 Å². The SMILES string of the molecule is NC(=O)c1cc(C(F)(F)F)nn1C(F)F. The number of hydrogen-bond acceptors (Lipinski definition) is 2. The molecule has 2 N–H and O–H groups in total. The third kappa shape index (κ3) is 2.22. The predicted octanol–water partition coefficient (Wildman–Crippen LogP) is 1.40. The summed E-state index contributed by atoms with van der Waals surface area (Å²) in [5, 5.41) is 2.54. The van der Waals surface area contributed by atoms with Crippen molar-refractivity contribution >= 4 is 5.91 Å². The largest absolute Gasteiger partial charge is 0.435 e. The number of alkyl halides is 5. The van der Waals surface area contributed by atoms with Crippen molar-refractivity contribution in [3.8, 4) is 0 Å². The van der Waals surface area contributed by atoms with Crippen LogP contribution in [0, 0.1) is 0 Å². The molecule has 4 nitrogen and oxygen atoms in total. The number of rotatable bonds is 2. The van der Waals surface area contributed by atoms with Gasteiger partial charge in [0, 0.05) is 6.07 Å². The molecular formula is C6H4F5N3O. The molecule has 0 saturated heterocycles. The molecule has 1 amide bonds.